The van der Waals surface area contributed by atoms with E-state index in [0.29, 0.717) is 16.9 Å². The molecule has 1 aliphatic rings. The molecule has 0 bridgehead atoms. The molecular formula is C23H28ClN7O2. The van der Waals surface area contributed by atoms with Crippen molar-refractivity contribution >= 4 is 28.5 Å². The van der Waals surface area contributed by atoms with E-state index in [1.807, 2.05) is 36.4 Å². The van der Waals surface area contributed by atoms with Crippen LogP contribution in [0.3, 0.4) is 0 Å². The normalized spacial score (nSPS) is 15.8. The summed E-state index contributed by atoms with van der Waals surface area (Å²) in [6.07, 6.45) is 0. The fraction of sp³-hybridized carbons (Fsp3) is 0.435. The van der Waals surface area contributed by atoms with Gasteiger partial charge in [0.2, 0.25) is 5.78 Å². The van der Waals surface area contributed by atoms with E-state index in [0.717, 1.165) is 62.2 Å². The largest absolute Gasteiger partial charge is 0.329 e. The van der Waals surface area contributed by atoms with Crippen LogP contribution < -0.4 is 11.2 Å². The van der Waals surface area contributed by atoms with Crippen LogP contribution in [0.25, 0.3) is 16.9 Å². The Kier molecular flexibility index (Phi) is 5.64. The van der Waals surface area contributed by atoms with E-state index in [9.17, 15) is 9.59 Å². The maximum absolute atomic E-state index is 12.5. The van der Waals surface area contributed by atoms with Gasteiger partial charge in [-0.2, -0.15) is 4.98 Å². The molecule has 0 amide bonds. The van der Waals surface area contributed by atoms with Crippen molar-refractivity contribution in [2.75, 3.05) is 32.7 Å². The molecule has 1 aromatic carbocycles. The predicted molar refractivity (Wildman–Crippen MR) is 129 cm³/mol. The second kappa shape index (κ2) is 8.48. The lowest BCUT2D eigenvalue weighted by Gasteiger charge is -2.35. The minimum absolute atomic E-state index is 0.406. The van der Waals surface area contributed by atoms with Crippen LogP contribution in [0, 0.1) is 13.8 Å². The van der Waals surface area contributed by atoms with Gasteiger partial charge in [-0.1, -0.05) is 29.8 Å². The van der Waals surface area contributed by atoms with Crippen molar-refractivity contribution in [1.82, 2.24) is 33.3 Å². The average molecular weight is 470 g/mol. The van der Waals surface area contributed by atoms with E-state index >= 15 is 0 Å². The lowest BCUT2D eigenvalue weighted by Crippen LogP contribution is -2.46. The average Bonchev–Trinajstić information content (AvgIpc) is 3.30. The van der Waals surface area contributed by atoms with Gasteiger partial charge in [0.1, 0.15) is 0 Å². The van der Waals surface area contributed by atoms with Gasteiger partial charge in [0.05, 0.1) is 0 Å². The number of aromatic nitrogens is 5. The molecule has 0 atom stereocenters. The Balaban J connectivity index is 1.32. The standard InChI is InChI=1S/C23H28ClN7O2/c1-15-16(2)31-19-20(27(3)23(33)26-21(19)32)25-22(31)30(15)13-12-28-8-10-29(11-9-28)14-17-6-4-5-7-18(17)24/h4-7H,8-14H2,1-3H3,(H,26,32,33). The molecule has 4 heterocycles. The van der Waals surface area contributed by atoms with Gasteiger partial charge in [0.25, 0.3) is 5.56 Å². The summed E-state index contributed by atoms with van der Waals surface area (Å²) in [4.78, 5) is 36.5. The fourth-order valence-electron chi connectivity index (χ4n) is 4.72. The molecule has 0 spiro atoms. The Morgan fingerprint density at radius 3 is 2.42 bits per heavy atom. The molecule has 0 aliphatic carbocycles. The maximum Gasteiger partial charge on any atom is 0.329 e. The number of halogens is 1. The van der Waals surface area contributed by atoms with Gasteiger partial charge in [0, 0.05) is 69.3 Å². The van der Waals surface area contributed by atoms with Crippen molar-refractivity contribution in [2.24, 2.45) is 7.05 Å². The monoisotopic (exact) mass is 469 g/mol. The number of benzene rings is 1. The predicted octanol–water partition coefficient (Wildman–Crippen LogP) is 1.76. The van der Waals surface area contributed by atoms with E-state index in [1.54, 1.807) is 7.05 Å². The van der Waals surface area contributed by atoms with Crippen LogP contribution >= 0.6 is 11.6 Å². The van der Waals surface area contributed by atoms with Crippen LogP contribution in [0.4, 0.5) is 0 Å². The fourth-order valence-corrected chi connectivity index (χ4v) is 4.92. The summed E-state index contributed by atoms with van der Waals surface area (Å²) < 4.78 is 5.40. The maximum atomic E-state index is 12.5. The van der Waals surface area contributed by atoms with Crippen molar-refractivity contribution in [3.63, 3.8) is 0 Å². The lowest BCUT2D eigenvalue weighted by atomic mass is 10.2. The zero-order valence-corrected chi connectivity index (χ0v) is 19.9. The molecule has 0 unspecified atom stereocenters. The Morgan fingerprint density at radius 2 is 1.70 bits per heavy atom. The van der Waals surface area contributed by atoms with E-state index in [4.69, 9.17) is 11.6 Å². The topological polar surface area (TPSA) is 83.6 Å². The van der Waals surface area contributed by atoms with Gasteiger partial charge in [0.15, 0.2) is 11.2 Å². The van der Waals surface area contributed by atoms with Crippen molar-refractivity contribution in [2.45, 2.75) is 26.9 Å². The Morgan fingerprint density at radius 1 is 1.00 bits per heavy atom. The highest BCUT2D eigenvalue weighted by Crippen LogP contribution is 2.21. The molecule has 0 saturated carbocycles. The first-order valence-electron chi connectivity index (χ1n) is 11.2. The first kappa shape index (κ1) is 21.9. The van der Waals surface area contributed by atoms with E-state index < -0.39 is 11.2 Å². The van der Waals surface area contributed by atoms with Crippen LogP contribution in [-0.2, 0) is 20.1 Å². The highest BCUT2D eigenvalue weighted by Gasteiger charge is 2.22. The van der Waals surface area contributed by atoms with Gasteiger partial charge in [-0.25, -0.2) is 4.79 Å². The number of hydrogen-bond acceptors (Lipinski definition) is 5. The van der Waals surface area contributed by atoms with Crippen LogP contribution in [-0.4, -0.2) is 66.0 Å². The van der Waals surface area contributed by atoms with E-state index in [2.05, 4.69) is 30.4 Å². The second-order valence-electron chi connectivity index (χ2n) is 8.77. The first-order valence-corrected chi connectivity index (χ1v) is 11.6. The van der Waals surface area contributed by atoms with Gasteiger partial charge >= 0.3 is 5.69 Å². The van der Waals surface area contributed by atoms with Crippen LogP contribution in [0.15, 0.2) is 33.9 Å². The Bertz CT molecular complexity index is 1450. The lowest BCUT2D eigenvalue weighted by molar-refractivity contribution is 0.124. The molecule has 4 aromatic rings. The first-order chi connectivity index (χ1) is 15.8. The third kappa shape index (κ3) is 3.80. The summed E-state index contributed by atoms with van der Waals surface area (Å²) in [7, 11) is 1.63. The van der Waals surface area contributed by atoms with Crippen LogP contribution in [0.5, 0.6) is 0 Å². The molecule has 33 heavy (non-hydrogen) atoms. The van der Waals surface area contributed by atoms with Crippen LogP contribution in [0.1, 0.15) is 17.0 Å². The van der Waals surface area contributed by atoms with Crippen molar-refractivity contribution in [3.05, 3.63) is 67.1 Å². The Labute approximate surface area is 195 Å². The van der Waals surface area contributed by atoms with E-state index in [1.165, 1.54) is 10.1 Å². The number of imidazole rings is 2. The van der Waals surface area contributed by atoms with E-state index in [-0.39, 0.29) is 0 Å². The molecule has 5 rings (SSSR count). The number of piperazine rings is 1. The van der Waals surface area contributed by atoms with Crippen molar-refractivity contribution in [3.8, 4) is 0 Å². The molecule has 9 nitrogen and oxygen atoms in total. The van der Waals surface area contributed by atoms with Gasteiger partial charge in [-0.3, -0.25) is 28.5 Å². The number of rotatable bonds is 5. The smallest absolute Gasteiger partial charge is 0.313 e. The van der Waals surface area contributed by atoms with Gasteiger partial charge in [-0.05, 0) is 25.5 Å². The number of fused-ring (bicyclic) bond motifs is 3. The molecule has 0 radical (unpaired) electrons. The molecule has 10 heteroatoms. The Hall–Kier alpha value is -2.88. The minimum atomic E-state index is -0.455. The summed E-state index contributed by atoms with van der Waals surface area (Å²) in [5, 5.41) is 0.825. The molecule has 174 valence electrons. The van der Waals surface area contributed by atoms with Crippen LogP contribution in [0.2, 0.25) is 5.02 Å². The number of H-pyrrole nitrogens is 1. The highest BCUT2D eigenvalue weighted by molar-refractivity contribution is 6.31. The number of nitrogens with one attached hydrogen (secondary N) is 1. The number of aromatic amines is 1. The zero-order chi connectivity index (χ0) is 23.3. The zero-order valence-electron chi connectivity index (χ0n) is 19.1. The summed E-state index contributed by atoms with van der Waals surface area (Å²) in [6, 6.07) is 8.03. The molecule has 3 aromatic heterocycles. The molecule has 1 fully saturated rings. The number of nitrogens with zero attached hydrogens (tertiary/aromatic N) is 6. The van der Waals surface area contributed by atoms with Crippen molar-refractivity contribution < 1.29 is 0 Å². The van der Waals surface area contributed by atoms with Crippen molar-refractivity contribution in [1.29, 1.82) is 0 Å². The highest BCUT2D eigenvalue weighted by atomic mass is 35.5. The third-order valence-electron chi connectivity index (χ3n) is 6.86. The van der Waals surface area contributed by atoms with Gasteiger partial charge < -0.3 is 4.57 Å². The minimum Gasteiger partial charge on any atom is -0.313 e. The molecular weight excluding hydrogens is 442 g/mol. The number of aryl methyl sites for hydroxylation is 2. The third-order valence-corrected chi connectivity index (χ3v) is 7.23. The quantitative estimate of drug-likeness (QED) is 0.481. The summed E-state index contributed by atoms with van der Waals surface area (Å²) in [5.41, 5.74) is 3.16. The SMILES string of the molecule is Cc1c(C)n2c3c(=O)[nH]c(=O)n(C)c3nc2n1CCN1CCN(Cc2ccccc2Cl)CC1. The van der Waals surface area contributed by atoms with Gasteiger partial charge in [-0.15, -0.1) is 0 Å². The number of hydrogen-bond donors (Lipinski definition) is 1. The molecule has 1 N–H and O–H groups in total. The summed E-state index contributed by atoms with van der Waals surface area (Å²) in [6.45, 7) is 10.5. The molecule has 1 saturated heterocycles. The molecule has 1 aliphatic heterocycles. The summed E-state index contributed by atoms with van der Waals surface area (Å²) >= 11 is 6.32. The summed E-state index contributed by atoms with van der Waals surface area (Å²) in [5.74, 6) is 0.698. The second-order valence-corrected chi connectivity index (χ2v) is 9.18.